The highest BCUT2D eigenvalue weighted by molar-refractivity contribution is 6.66. The van der Waals surface area contributed by atoms with Gasteiger partial charge in [0.2, 0.25) is 29.5 Å². The van der Waals surface area contributed by atoms with Crippen LogP contribution in [0.4, 0.5) is 0 Å². The number of rotatable bonds is 12. The van der Waals surface area contributed by atoms with Crippen molar-refractivity contribution in [3.8, 4) is 0 Å². The van der Waals surface area contributed by atoms with Crippen LogP contribution in [-0.4, -0.2) is 53.1 Å². The molecular weight excluding hydrogens is 511 g/mol. The summed E-state index contributed by atoms with van der Waals surface area (Å²) in [5.41, 5.74) is 19.5. The number of nitrogens with one attached hydrogen (secondary N) is 1. The molecule has 12 heteroatoms. The molecule has 0 radical (unpaired) electrons. The van der Waals surface area contributed by atoms with Crippen LogP contribution in [0.15, 0.2) is 70.8 Å². The first-order chi connectivity index (χ1) is 19.1. The number of carbonyl (C=O) groups excluding carboxylic acids is 5. The number of primary amides is 3. The maximum absolute atomic E-state index is 13.6. The fraction of sp³-hybridized carbons (Fsp3) is 0.357. The number of nitrogens with zero attached hydrogens (tertiary/aromatic N) is 2. The lowest BCUT2D eigenvalue weighted by molar-refractivity contribution is -0.128. The van der Waals surface area contributed by atoms with Crippen LogP contribution in [0.25, 0.3) is 0 Å². The second-order valence-electron chi connectivity index (χ2n) is 10.2. The maximum atomic E-state index is 13.6. The number of amides is 5. The van der Waals surface area contributed by atoms with Crippen LogP contribution in [0.2, 0.25) is 5.82 Å². The Morgan fingerprint density at radius 1 is 1.02 bits per heavy atom. The van der Waals surface area contributed by atoms with Crippen LogP contribution in [0.3, 0.4) is 0 Å². The second kappa shape index (κ2) is 12.6. The Morgan fingerprint density at radius 2 is 1.73 bits per heavy atom. The molecule has 3 aliphatic rings. The first kappa shape index (κ1) is 28.5. The van der Waals surface area contributed by atoms with Crippen molar-refractivity contribution in [1.29, 1.82) is 0 Å². The molecule has 208 valence electrons. The summed E-state index contributed by atoms with van der Waals surface area (Å²) < 4.78 is 0. The third-order valence-corrected chi connectivity index (χ3v) is 7.37. The molecule has 11 nitrogen and oxygen atoms in total. The molecule has 7 N–H and O–H groups in total. The third kappa shape index (κ3) is 6.74. The van der Waals surface area contributed by atoms with Crippen molar-refractivity contribution in [3.05, 3.63) is 71.5 Å². The molecule has 0 aromatic heterocycles. The van der Waals surface area contributed by atoms with E-state index < -0.39 is 42.5 Å². The highest BCUT2D eigenvalue weighted by atomic mass is 16.2. The minimum Gasteiger partial charge on any atom is -0.370 e. The van der Waals surface area contributed by atoms with Crippen molar-refractivity contribution in [1.82, 2.24) is 10.1 Å². The lowest BCUT2D eigenvalue weighted by Crippen LogP contribution is -2.52. The van der Waals surface area contributed by atoms with Gasteiger partial charge < -0.3 is 32.2 Å². The van der Waals surface area contributed by atoms with Crippen LogP contribution >= 0.6 is 0 Å². The molecular formula is C28H33BN6O5. The summed E-state index contributed by atoms with van der Waals surface area (Å²) in [6.45, 7) is -0.949. The van der Waals surface area contributed by atoms with Crippen LogP contribution < -0.4 is 22.5 Å². The van der Waals surface area contributed by atoms with Gasteiger partial charge in [0.15, 0.2) is 0 Å². The van der Waals surface area contributed by atoms with E-state index in [1.807, 2.05) is 30.4 Å². The molecule has 3 atom stereocenters. The van der Waals surface area contributed by atoms with E-state index in [4.69, 9.17) is 22.1 Å². The number of carbonyl (C=O) groups is 5. The zero-order valence-electron chi connectivity index (χ0n) is 22.1. The van der Waals surface area contributed by atoms with E-state index in [0.29, 0.717) is 12.1 Å². The first-order valence-corrected chi connectivity index (χ1v) is 13.3. The molecule has 1 aromatic rings. The predicted molar refractivity (Wildman–Crippen MR) is 150 cm³/mol. The molecule has 1 aliphatic carbocycles. The summed E-state index contributed by atoms with van der Waals surface area (Å²) in [5, 5.41) is 2.58. The Kier molecular flexibility index (Phi) is 8.98. The van der Waals surface area contributed by atoms with Gasteiger partial charge in [-0.05, 0) is 42.9 Å². The lowest BCUT2D eigenvalue weighted by atomic mass is 9.57. The first-order valence-electron chi connectivity index (χ1n) is 13.3. The molecule has 4 rings (SSSR count). The van der Waals surface area contributed by atoms with E-state index in [-0.39, 0.29) is 43.9 Å². The van der Waals surface area contributed by atoms with Crippen molar-refractivity contribution in [2.45, 2.75) is 62.7 Å². The second-order valence-corrected chi connectivity index (χ2v) is 10.2. The van der Waals surface area contributed by atoms with E-state index in [1.165, 1.54) is 10.4 Å². The van der Waals surface area contributed by atoms with Crippen molar-refractivity contribution < 1.29 is 24.0 Å². The SMILES string of the molecule is NC(=O)CCC(B1N=C(C2=CCC(c3ccccc3)C=C2)C=C2CCC(=O)N12)C(=O)N[C@@H](CCC(N)=O)C(N)=O. The van der Waals surface area contributed by atoms with Crippen molar-refractivity contribution in [3.63, 3.8) is 0 Å². The quantitative estimate of drug-likeness (QED) is 0.285. The average molecular weight is 544 g/mol. The Morgan fingerprint density at radius 3 is 2.35 bits per heavy atom. The summed E-state index contributed by atoms with van der Waals surface area (Å²) >= 11 is 0. The molecule has 1 saturated heterocycles. The zero-order valence-corrected chi connectivity index (χ0v) is 22.1. The van der Waals surface area contributed by atoms with Gasteiger partial charge in [-0.3, -0.25) is 24.0 Å². The Balaban J connectivity index is 1.63. The fourth-order valence-corrected chi connectivity index (χ4v) is 5.24. The molecule has 5 amide bonds. The molecule has 2 aliphatic heterocycles. The maximum Gasteiger partial charge on any atom is 0.414 e. The smallest absolute Gasteiger partial charge is 0.370 e. The summed E-state index contributed by atoms with van der Waals surface area (Å²) in [6, 6.07) is 8.98. The van der Waals surface area contributed by atoms with Gasteiger partial charge in [-0.1, -0.05) is 48.6 Å². The lowest BCUT2D eigenvalue weighted by Gasteiger charge is -2.33. The zero-order chi connectivity index (χ0) is 28.8. The largest absolute Gasteiger partial charge is 0.414 e. The summed E-state index contributed by atoms with van der Waals surface area (Å²) in [7, 11) is 0. The minimum absolute atomic E-state index is 0.00799. The van der Waals surface area contributed by atoms with Gasteiger partial charge in [0, 0.05) is 30.9 Å². The molecule has 1 aromatic carbocycles. The minimum atomic E-state index is -1.16. The summed E-state index contributed by atoms with van der Waals surface area (Å²) in [6.07, 6.45) is 9.19. The van der Waals surface area contributed by atoms with E-state index in [9.17, 15) is 24.0 Å². The summed E-state index contributed by atoms with van der Waals surface area (Å²) in [5.74, 6) is -3.69. The molecule has 0 spiro atoms. The Hall–Kier alpha value is -4.48. The van der Waals surface area contributed by atoms with Gasteiger partial charge in [-0.2, -0.15) is 0 Å². The standard InChI is InChI=1S/C28H33BN6O5/c30-24(36)13-11-21(28(40)33-22(27(32)39)12-14-25(31)37)29-34-23(16-20-10-15-26(38)35(20)29)19-8-6-18(7-9-19)17-4-2-1-3-5-17/h1-6,8-9,16,18,21-22H,7,10-15H2,(H2,30,36)(H2,31,37)(H2,32,39)(H,33,40)/t18?,21?,22-/m0/s1. The number of hydrogen-bond donors (Lipinski definition) is 4. The molecule has 2 unspecified atom stereocenters. The Bertz CT molecular complexity index is 1320. The van der Waals surface area contributed by atoms with E-state index in [1.54, 1.807) is 0 Å². The number of fused-ring (bicyclic) bond motifs is 1. The van der Waals surface area contributed by atoms with Gasteiger partial charge in [-0.15, -0.1) is 0 Å². The monoisotopic (exact) mass is 544 g/mol. The third-order valence-electron chi connectivity index (χ3n) is 7.37. The van der Waals surface area contributed by atoms with Gasteiger partial charge in [0.05, 0.1) is 11.5 Å². The number of allylic oxidation sites excluding steroid dienone is 6. The van der Waals surface area contributed by atoms with E-state index in [0.717, 1.165) is 17.7 Å². The van der Waals surface area contributed by atoms with Gasteiger partial charge >= 0.3 is 6.98 Å². The van der Waals surface area contributed by atoms with Crippen LogP contribution in [0, 0.1) is 0 Å². The molecule has 0 saturated carbocycles. The topological polar surface area (TPSA) is 191 Å². The number of nitrogens with two attached hydrogens (primary N) is 3. The fourth-order valence-electron chi connectivity index (χ4n) is 5.24. The molecule has 40 heavy (non-hydrogen) atoms. The van der Waals surface area contributed by atoms with Crippen molar-refractivity contribution in [2.75, 3.05) is 0 Å². The van der Waals surface area contributed by atoms with Gasteiger partial charge in [-0.25, -0.2) is 0 Å². The highest BCUT2D eigenvalue weighted by Gasteiger charge is 2.46. The number of benzene rings is 1. The average Bonchev–Trinajstić information content (AvgIpc) is 3.31. The molecule has 2 heterocycles. The number of hydrogen-bond acceptors (Lipinski definition) is 6. The Labute approximate surface area is 232 Å². The van der Waals surface area contributed by atoms with Crippen molar-refractivity contribution >= 4 is 42.2 Å². The van der Waals surface area contributed by atoms with Gasteiger partial charge in [0.1, 0.15) is 6.04 Å². The molecule has 0 bridgehead atoms. The van der Waals surface area contributed by atoms with Crippen LogP contribution in [0.5, 0.6) is 0 Å². The van der Waals surface area contributed by atoms with Crippen LogP contribution in [0.1, 0.15) is 56.4 Å². The van der Waals surface area contributed by atoms with E-state index in [2.05, 4.69) is 29.6 Å². The van der Waals surface area contributed by atoms with Crippen LogP contribution in [-0.2, 0) is 24.0 Å². The van der Waals surface area contributed by atoms with Gasteiger partial charge in [0.25, 0.3) is 0 Å². The summed E-state index contributed by atoms with van der Waals surface area (Å²) in [4.78, 5) is 67.7. The highest BCUT2D eigenvalue weighted by Crippen LogP contribution is 2.36. The van der Waals surface area contributed by atoms with Crippen molar-refractivity contribution in [2.24, 2.45) is 22.1 Å². The molecule has 1 fully saturated rings. The normalized spacial score (nSPS) is 19.6. The predicted octanol–water partition coefficient (Wildman–Crippen LogP) is 0.977. The van der Waals surface area contributed by atoms with E-state index >= 15 is 0 Å².